The van der Waals surface area contributed by atoms with E-state index in [4.69, 9.17) is 18.6 Å². The Labute approximate surface area is 216 Å². The predicted octanol–water partition coefficient (Wildman–Crippen LogP) is 4.89. The van der Waals surface area contributed by atoms with Gasteiger partial charge in [0.2, 0.25) is 5.76 Å². The molecular weight excluding hydrogens is 496 g/mol. The largest absolute Gasteiger partial charge is 0.490 e. The van der Waals surface area contributed by atoms with Crippen molar-refractivity contribution in [1.82, 2.24) is 4.98 Å². The first-order valence-electron chi connectivity index (χ1n) is 11.7. The minimum absolute atomic E-state index is 0.0620. The van der Waals surface area contributed by atoms with E-state index in [1.807, 2.05) is 13.8 Å². The van der Waals surface area contributed by atoms with E-state index in [0.29, 0.717) is 46.9 Å². The predicted molar refractivity (Wildman–Crippen MR) is 138 cm³/mol. The van der Waals surface area contributed by atoms with E-state index in [1.165, 1.54) is 12.0 Å². The van der Waals surface area contributed by atoms with Gasteiger partial charge in [0.1, 0.15) is 10.5 Å². The number of methoxy groups -OCH3 is 1. The fourth-order valence-electron chi connectivity index (χ4n) is 4.44. The Hall–Kier alpha value is -4.18. The lowest BCUT2D eigenvalue weighted by Crippen LogP contribution is -2.29. The van der Waals surface area contributed by atoms with Gasteiger partial charge in [-0.1, -0.05) is 29.5 Å². The Kier molecular flexibility index (Phi) is 6.43. The average molecular weight is 521 g/mol. The fourth-order valence-corrected chi connectivity index (χ4v) is 5.45. The maximum absolute atomic E-state index is 13.8. The summed E-state index contributed by atoms with van der Waals surface area (Å²) in [7, 11) is 1.28. The first kappa shape index (κ1) is 24.5. The van der Waals surface area contributed by atoms with E-state index < -0.39 is 17.9 Å². The lowest BCUT2D eigenvalue weighted by molar-refractivity contribution is 0.0605. The number of anilines is 1. The third-order valence-electron chi connectivity index (χ3n) is 6.02. The van der Waals surface area contributed by atoms with Gasteiger partial charge in [0, 0.05) is 0 Å². The lowest BCUT2D eigenvalue weighted by atomic mass is 9.98. The standard InChI is InChI=1S/C27H24N2O7S/c1-5-34-18-12-11-15(13-19(18)35-6-2)21-20-22(30)16-9-7-8-10-17(16)36-23(20)25(31)29(21)27-28-14(3)24(37-27)26(32)33-4/h7-13,21H,5-6H2,1-4H3. The molecule has 5 rings (SSSR count). The van der Waals surface area contributed by atoms with Gasteiger partial charge in [-0.2, -0.15) is 0 Å². The SMILES string of the molecule is CCOc1ccc(C2c3c(oc4ccccc4c3=O)C(=O)N2c2nc(C)c(C(=O)OC)s2)cc1OCC. The zero-order chi connectivity index (χ0) is 26.3. The Bertz CT molecular complexity index is 1590. The van der Waals surface area contributed by atoms with Crippen LogP contribution in [0.25, 0.3) is 11.0 Å². The van der Waals surface area contributed by atoms with Crippen LogP contribution in [-0.2, 0) is 4.74 Å². The minimum Gasteiger partial charge on any atom is -0.490 e. The molecule has 4 aromatic rings. The molecule has 0 N–H and O–H groups in total. The summed E-state index contributed by atoms with van der Waals surface area (Å²) >= 11 is 1.02. The number of esters is 1. The van der Waals surface area contributed by atoms with Gasteiger partial charge in [-0.15, -0.1) is 0 Å². The van der Waals surface area contributed by atoms with Crippen LogP contribution in [0.15, 0.2) is 51.7 Å². The Balaban J connectivity index is 1.76. The second-order valence-corrected chi connectivity index (χ2v) is 9.20. The third kappa shape index (κ3) is 4.03. The summed E-state index contributed by atoms with van der Waals surface area (Å²) < 4.78 is 22.4. The maximum atomic E-state index is 13.8. The molecule has 0 saturated carbocycles. The number of hydrogen-bond donors (Lipinski definition) is 0. The maximum Gasteiger partial charge on any atom is 0.350 e. The van der Waals surface area contributed by atoms with Crippen LogP contribution in [0, 0.1) is 6.92 Å². The second-order valence-electron chi connectivity index (χ2n) is 8.22. The summed E-state index contributed by atoms with van der Waals surface area (Å²) in [6.07, 6.45) is 0. The van der Waals surface area contributed by atoms with E-state index >= 15 is 0 Å². The van der Waals surface area contributed by atoms with Crippen molar-refractivity contribution in [3.63, 3.8) is 0 Å². The highest BCUT2D eigenvalue weighted by atomic mass is 32.1. The van der Waals surface area contributed by atoms with Crippen LogP contribution in [0.5, 0.6) is 11.5 Å². The molecule has 2 aromatic heterocycles. The van der Waals surface area contributed by atoms with Gasteiger partial charge in [-0.3, -0.25) is 14.5 Å². The molecule has 1 atom stereocenters. The number of benzene rings is 2. The summed E-state index contributed by atoms with van der Waals surface area (Å²) in [6, 6.07) is 11.2. The number of amides is 1. The number of carbonyl (C=O) groups is 2. The molecule has 2 aromatic carbocycles. The molecule has 9 nitrogen and oxygen atoms in total. The van der Waals surface area contributed by atoms with Gasteiger partial charge in [-0.25, -0.2) is 9.78 Å². The van der Waals surface area contributed by atoms with Crippen molar-refractivity contribution in [2.24, 2.45) is 0 Å². The smallest absolute Gasteiger partial charge is 0.350 e. The highest BCUT2D eigenvalue weighted by molar-refractivity contribution is 7.17. The molecule has 0 saturated heterocycles. The van der Waals surface area contributed by atoms with E-state index in [-0.39, 0.29) is 26.8 Å². The molecule has 37 heavy (non-hydrogen) atoms. The number of fused-ring (bicyclic) bond motifs is 2. The molecule has 1 amide bonds. The van der Waals surface area contributed by atoms with Crippen LogP contribution in [0.3, 0.4) is 0 Å². The van der Waals surface area contributed by atoms with Crippen LogP contribution < -0.4 is 19.8 Å². The van der Waals surface area contributed by atoms with Gasteiger partial charge in [-0.05, 0) is 50.6 Å². The monoisotopic (exact) mass is 520 g/mol. The normalized spacial score (nSPS) is 14.6. The highest BCUT2D eigenvalue weighted by Crippen LogP contribution is 2.44. The van der Waals surface area contributed by atoms with Gasteiger partial charge < -0.3 is 18.6 Å². The van der Waals surface area contributed by atoms with Crippen molar-refractivity contribution < 1.29 is 28.2 Å². The first-order valence-corrected chi connectivity index (χ1v) is 12.6. The number of thiazole rings is 1. The van der Waals surface area contributed by atoms with E-state index in [2.05, 4.69) is 4.98 Å². The molecule has 1 aliphatic rings. The van der Waals surface area contributed by atoms with Crippen LogP contribution in [0.1, 0.15) is 56.9 Å². The number of aromatic nitrogens is 1. The van der Waals surface area contributed by atoms with Gasteiger partial charge in [0.05, 0.1) is 43.0 Å². The zero-order valence-electron chi connectivity index (χ0n) is 20.7. The highest BCUT2D eigenvalue weighted by Gasteiger charge is 2.45. The van der Waals surface area contributed by atoms with E-state index in [0.717, 1.165) is 11.3 Å². The molecule has 1 unspecified atom stereocenters. The van der Waals surface area contributed by atoms with Crippen molar-refractivity contribution >= 4 is 39.3 Å². The number of ether oxygens (including phenoxy) is 3. The molecule has 0 radical (unpaired) electrons. The summed E-state index contributed by atoms with van der Waals surface area (Å²) in [4.78, 5) is 46.0. The molecule has 0 aliphatic carbocycles. The molecule has 10 heteroatoms. The average Bonchev–Trinajstić information content (AvgIpc) is 3.42. The Morgan fingerprint density at radius 3 is 2.54 bits per heavy atom. The van der Waals surface area contributed by atoms with Crippen molar-refractivity contribution in [2.45, 2.75) is 26.8 Å². The quantitative estimate of drug-likeness (QED) is 0.317. The summed E-state index contributed by atoms with van der Waals surface area (Å²) in [5.74, 6) is -0.110. The molecule has 190 valence electrons. The number of nitrogens with zero attached hydrogens (tertiary/aromatic N) is 2. The van der Waals surface area contributed by atoms with E-state index in [9.17, 15) is 14.4 Å². The first-order chi connectivity index (χ1) is 17.9. The molecule has 0 spiro atoms. The summed E-state index contributed by atoms with van der Waals surface area (Å²) in [5, 5.41) is 0.608. The number of carbonyl (C=O) groups excluding carboxylic acids is 2. The molecule has 1 aliphatic heterocycles. The molecule has 0 fully saturated rings. The van der Waals surface area contributed by atoms with Crippen LogP contribution in [-0.4, -0.2) is 37.2 Å². The molecule has 3 heterocycles. The number of hydrogen-bond acceptors (Lipinski definition) is 9. The third-order valence-corrected chi connectivity index (χ3v) is 7.16. The Morgan fingerprint density at radius 1 is 1.08 bits per heavy atom. The number of aryl methyl sites for hydroxylation is 1. The fraction of sp³-hybridized carbons (Fsp3) is 0.259. The van der Waals surface area contributed by atoms with Gasteiger partial charge >= 0.3 is 5.97 Å². The topological polar surface area (TPSA) is 108 Å². The van der Waals surface area contributed by atoms with Gasteiger partial charge in [0.15, 0.2) is 22.1 Å². The van der Waals surface area contributed by atoms with Crippen molar-refractivity contribution in [3.8, 4) is 11.5 Å². The second kappa shape index (κ2) is 9.70. The van der Waals surface area contributed by atoms with Crippen molar-refractivity contribution in [2.75, 3.05) is 25.2 Å². The van der Waals surface area contributed by atoms with Crippen LogP contribution >= 0.6 is 11.3 Å². The van der Waals surface area contributed by atoms with Crippen LogP contribution in [0.4, 0.5) is 5.13 Å². The Morgan fingerprint density at radius 2 is 1.81 bits per heavy atom. The summed E-state index contributed by atoms with van der Waals surface area (Å²) in [6.45, 7) is 6.24. The van der Waals surface area contributed by atoms with E-state index in [1.54, 1.807) is 49.4 Å². The van der Waals surface area contributed by atoms with Crippen molar-refractivity contribution in [1.29, 1.82) is 0 Å². The number of para-hydroxylation sites is 1. The molecular formula is C27H24N2O7S. The van der Waals surface area contributed by atoms with Crippen molar-refractivity contribution in [3.05, 3.63) is 80.1 Å². The van der Waals surface area contributed by atoms with Gasteiger partial charge in [0.25, 0.3) is 5.91 Å². The number of rotatable bonds is 7. The lowest BCUT2D eigenvalue weighted by Gasteiger charge is -2.23. The summed E-state index contributed by atoms with van der Waals surface area (Å²) in [5.41, 5.74) is 1.22. The molecule has 0 bridgehead atoms. The van der Waals surface area contributed by atoms with Crippen LogP contribution in [0.2, 0.25) is 0 Å². The minimum atomic E-state index is -0.866. The zero-order valence-corrected chi connectivity index (χ0v) is 21.5.